The molecular formula is C13H8Cl4FN. The topological polar surface area (TPSA) is 12.0 Å². The molecule has 0 aliphatic heterocycles. The molecule has 0 aromatic heterocycles. The second kappa shape index (κ2) is 6.19. The summed E-state index contributed by atoms with van der Waals surface area (Å²) in [5.41, 5.74) is 1.24. The molecule has 2 rings (SSSR count). The van der Waals surface area contributed by atoms with Crippen molar-refractivity contribution >= 4 is 52.1 Å². The Morgan fingerprint density at radius 2 is 1.63 bits per heavy atom. The number of halogens is 5. The van der Waals surface area contributed by atoms with Gasteiger partial charge in [-0.3, -0.25) is 0 Å². The second-order valence-corrected chi connectivity index (χ2v) is 5.41. The van der Waals surface area contributed by atoms with Crippen molar-refractivity contribution in [1.29, 1.82) is 0 Å². The molecule has 0 bridgehead atoms. The van der Waals surface area contributed by atoms with E-state index in [1.54, 1.807) is 24.3 Å². The Hall–Kier alpha value is -0.670. The van der Waals surface area contributed by atoms with Gasteiger partial charge in [-0.1, -0.05) is 58.5 Å². The van der Waals surface area contributed by atoms with Crippen molar-refractivity contribution in [1.82, 2.24) is 0 Å². The van der Waals surface area contributed by atoms with Gasteiger partial charge >= 0.3 is 0 Å². The van der Waals surface area contributed by atoms with Crippen LogP contribution in [0.3, 0.4) is 0 Å². The summed E-state index contributed by atoms with van der Waals surface area (Å²) in [7, 11) is 0. The molecule has 0 aliphatic rings. The minimum atomic E-state index is -0.457. The first-order valence-electron chi connectivity index (χ1n) is 5.30. The molecule has 1 N–H and O–H groups in total. The van der Waals surface area contributed by atoms with E-state index in [0.717, 1.165) is 0 Å². The molecule has 1 nitrogen and oxygen atoms in total. The third-order valence-corrected chi connectivity index (χ3v) is 3.97. The van der Waals surface area contributed by atoms with E-state index in [0.29, 0.717) is 32.9 Å². The zero-order valence-corrected chi connectivity index (χ0v) is 12.5. The largest absolute Gasteiger partial charge is 0.380 e. The molecule has 0 amide bonds. The van der Waals surface area contributed by atoms with Crippen LogP contribution in [0.2, 0.25) is 20.1 Å². The summed E-state index contributed by atoms with van der Waals surface area (Å²) in [5, 5.41) is 4.32. The van der Waals surface area contributed by atoms with E-state index in [2.05, 4.69) is 5.32 Å². The third-order valence-electron chi connectivity index (χ3n) is 2.51. The quantitative estimate of drug-likeness (QED) is 0.671. The van der Waals surface area contributed by atoms with E-state index in [1.807, 2.05) is 0 Å². The van der Waals surface area contributed by atoms with Crippen LogP contribution in [0.25, 0.3) is 0 Å². The lowest BCUT2D eigenvalue weighted by molar-refractivity contribution is 0.626. The first-order chi connectivity index (χ1) is 8.99. The Balaban J connectivity index is 2.19. The Labute approximate surface area is 130 Å². The zero-order chi connectivity index (χ0) is 14.0. The summed E-state index contributed by atoms with van der Waals surface area (Å²) >= 11 is 23.6. The van der Waals surface area contributed by atoms with Crippen LogP contribution in [0.15, 0.2) is 30.3 Å². The minimum absolute atomic E-state index is 0.0891. The van der Waals surface area contributed by atoms with Crippen molar-refractivity contribution in [2.45, 2.75) is 6.54 Å². The SMILES string of the molecule is Fc1cccc(CNc2cc(Cl)c(Cl)cc2Cl)c1Cl. The summed E-state index contributed by atoms with van der Waals surface area (Å²) in [5.74, 6) is -0.457. The van der Waals surface area contributed by atoms with Gasteiger partial charge < -0.3 is 5.32 Å². The molecule has 2 aromatic carbocycles. The van der Waals surface area contributed by atoms with Crippen LogP contribution < -0.4 is 5.32 Å². The molecule has 0 fully saturated rings. The molecule has 0 spiro atoms. The van der Waals surface area contributed by atoms with E-state index in [-0.39, 0.29) is 5.02 Å². The van der Waals surface area contributed by atoms with Crippen LogP contribution in [-0.4, -0.2) is 0 Å². The van der Waals surface area contributed by atoms with Gasteiger partial charge in [0.2, 0.25) is 0 Å². The van der Waals surface area contributed by atoms with Crippen LogP contribution in [-0.2, 0) is 6.54 Å². The molecule has 0 aliphatic carbocycles. The molecule has 2 aromatic rings. The Kier molecular flexibility index (Phi) is 4.80. The normalized spacial score (nSPS) is 10.6. The fraction of sp³-hybridized carbons (Fsp3) is 0.0769. The van der Waals surface area contributed by atoms with Crippen molar-refractivity contribution in [3.63, 3.8) is 0 Å². The van der Waals surface area contributed by atoms with E-state index in [1.165, 1.54) is 6.07 Å². The molecule has 0 saturated heterocycles. The van der Waals surface area contributed by atoms with Crippen LogP contribution in [0.1, 0.15) is 5.56 Å². The van der Waals surface area contributed by atoms with E-state index >= 15 is 0 Å². The van der Waals surface area contributed by atoms with Crippen molar-refractivity contribution in [3.8, 4) is 0 Å². The maximum absolute atomic E-state index is 13.3. The average molecular weight is 339 g/mol. The van der Waals surface area contributed by atoms with E-state index < -0.39 is 5.82 Å². The Morgan fingerprint density at radius 1 is 0.947 bits per heavy atom. The summed E-state index contributed by atoms with van der Waals surface area (Å²) in [4.78, 5) is 0. The maximum atomic E-state index is 13.3. The fourth-order valence-electron chi connectivity index (χ4n) is 1.53. The molecular weight excluding hydrogens is 331 g/mol. The lowest BCUT2D eigenvalue weighted by atomic mass is 10.2. The minimum Gasteiger partial charge on any atom is -0.380 e. The highest BCUT2D eigenvalue weighted by molar-refractivity contribution is 6.44. The van der Waals surface area contributed by atoms with Gasteiger partial charge in [-0.25, -0.2) is 4.39 Å². The maximum Gasteiger partial charge on any atom is 0.142 e. The van der Waals surface area contributed by atoms with Gasteiger partial charge in [-0.15, -0.1) is 0 Å². The number of hydrogen-bond donors (Lipinski definition) is 1. The van der Waals surface area contributed by atoms with Crippen molar-refractivity contribution in [2.75, 3.05) is 5.32 Å². The van der Waals surface area contributed by atoms with Crippen molar-refractivity contribution in [3.05, 3.63) is 61.8 Å². The highest BCUT2D eigenvalue weighted by atomic mass is 35.5. The number of nitrogens with one attached hydrogen (secondary N) is 1. The van der Waals surface area contributed by atoms with Crippen molar-refractivity contribution in [2.24, 2.45) is 0 Å². The standard InChI is InChI=1S/C13H8Cl4FN/c14-8-4-10(16)12(5-9(8)15)19-6-7-2-1-3-11(18)13(7)17/h1-5,19H,6H2. The number of hydrogen-bond acceptors (Lipinski definition) is 1. The summed E-state index contributed by atoms with van der Waals surface area (Å²) < 4.78 is 13.3. The van der Waals surface area contributed by atoms with E-state index in [4.69, 9.17) is 46.4 Å². The predicted molar refractivity (Wildman–Crippen MR) is 80.2 cm³/mol. The number of benzene rings is 2. The van der Waals surface area contributed by atoms with Gasteiger partial charge in [0.1, 0.15) is 5.82 Å². The van der Waals surface area contributed by atoms with Gasteiger partial charge in [-0.2, -0.15) is 0 Å². The van der Waals surface area contributed by atoms with Crippen LogP contribution in [0, 0.1) is 5.82 Å². The fourth-order valence-corrected chi connectivity index (χ4v) is 2.34. The monoisotopic (exact) mass is 337 g/mol. The second-order valence-electron chi connectivity index (χ2n) is 3.81. The van der Waals surface area contributed by atoms with Gasteiger partial charge in [0.05, 0.1) is 25.8 Å². The highest BCUT2D eigenvalue weighted by Crippen LogP contribution is 2.32. The van der Waals surface area contributed by atoms with Gasteiger partial charge in [0.15, 0.2) is 0 Å². The zero-order valence-electron chi connectivity index (χ0n) is 9.48. The molecule has 19 heavy (non-hydrogen) atoms. The molecule has 6 heteroatoms. The van der Waals surface area contributed by atoms with Crippen LogP contribution in [0.4, 0.5) is 10.1 Å². The first-order valence-corrected chi connectivity index (χ1v) is 6.81. The third kappa shape index (κ3) is 3.46. The summed E-state index contributed by atoms with van der Waals surface area (Å²) in [6, 6.07) is 7.77. The lowest BCUT2D eigenvalue weighted by Crippen LogP contribution is -2.01. The van der Waals surface area contributed by atoms with Gasteiger partial charge in [0, 0.05) is 6.54 Å². The molecule has 0 atom stereocenters. The Morgan fingerprint density at radius 3 is 2.37 bits per heavy atom. The molecule has 0 unspecified atom stereocenters. The summed E-state index contributed by atoms with van der Waals surface area (Å²) in [6.07, 6.45) is 0. The molecule has 0 heterocycles. The average Bonchev–Trinajstić information content (AvgIpc) is 2.37. The molecule has 0 saturated carbocycles. The van der Waals surface area contributed by atoms with Gasteiger partial charge in [0.25, 0.3) is 0 Å². The van der Waals surface area contributed by atoms with Crippen LogP contribution >= 0.6 is 46.4 Å². The first kappa shape index (κ1) is 14.7. The molecule has 0 radical (unpaired) electrons. The number of rotatable bonds is 3. The predicted octanol–water partition coefficient (Wildman–Crippen LogP) is 6.05. The van der Waals surface area contributed by atoms with Gasteiger partial charge in [-0.05, 0) is 23.8 Å². The smallest absolute Gasteiger partial charge is 0.142 e. The molecule has 100 valence electrons. The number of anilines is 1. The van der Waals surface area contributed by atoms with E-state index in [9.17, 15) is 4.39 Å². The van der Waals surface area contributed by atoms with Crippen LogP contribution in [0.5, 0.6) is 0 Å². The summed E-state index contributed by atoms with van der Waals surface area (Å²) in [6.45, 7) is 0.328. The van der Waals surface area contributed by atoms with Crippen molar-refractivity contribution < 1.29 is 4.39 Å². The highest BCUT2D eigenvalue weighted by Gasteiger charge is 2.08. The Bertz CT molecular complexity index is 616. The lowest BCUT2D eigenvalue weighted by Gasteiger charge is -2.11.